The Morgan fingerprint density at radius 3 is 2.87 bits per heavy atom. The molecule has 0 aliphatic rings. The number of nitrogen functional groups attached to an aromatic ring is 1. The largest absolute Gasteiger partial charge is 0.492 e. The highest BCUT2D eigenvalue weighted by Gasteiger charge is 2.01. The molecule has 15 heavy (non-hydrogen) atoms. The van der Waals surface area contributed by atoms with Crippen molar-refractivity contribution in [2.75, 3.05) is 25.6 Å². The van der Waals surface area contributed by atoms with Crippen LogP contribution in [-0.2, 0) is 4.74 Å². The second-order valence-corrected chi connectivity index (χ2v) is 3.50. The Bertz CT molecular complexity index is 305. The summed E-state index contributed by atoms with van der Waals surface area (Å²) >= 11 is 5.92. The predicted molar refractivity (Wildman–Crippen MR) is 62.5 cm³/mol. The minimum absolute atomic E-state index is 0.584. The van der Waals surface area contributed by atoms with Gasteiger partial charge in [0.05, 0.1) is 11.6 Å². The lowest BCUT2D eigenvalue weighted by atomic mass is 10.3. The highest BCUT2D eigenvalue weighted by Crippen LogP contribution is 2.26. The topological polar surface area (TPSA) is 44.5 Å². The minimum Gasteiger partial charge on any atom is -0.492 e. The molecule has 84 valence electrons. The van der Waals surface area contributed by atoms with Crippen LogP contribution in [0.4, 0.5) is 5.69 Å². The van der Waals surface area contributed by atoms with Crippen molar-refractivity contribution in [2.24, 2.45) is 0 Å². The average Bonchev–Trinajstić information content (AvgIpc) is 2.23. The number of nitrogens with two attached hydrogens (primary N) is 1. The Morgan fingerprint density at radius 1 is 1.33 bits per heavy atom. The molecule has 1 aromatic rings. The van der Waals surface area contributed by atoms with Gasteiger partial charge in [0.2, 0.25) is 0 Å². The molecular weight excluding hydrogens is 214 g/mol. The molecule has 0 saturated heterocycles. The van der Waals surface area contributed by atoms with Crippen LogP contribution in [0.1, 0.15) is 13.3 Å². The first-order valence-corrected chi connectivity index (χ1v) is 5.37. The van der Waals surface area contributed by atoms with Gasteiger partial charge in [0, 0.05) is 31.4 Å². The van der Waals surface area contributed by atoms with Crippen LogP contribution in [0.25, 0.3) is 0 Å². The first-order valence-electron chi connectivity index (χ1n) is 4.99. The third-order valence-electron chi connectivity index (χ3n) is 1.85. The summed E-state index contributed by atoms with van der Waals surface area (Å²) in [5.74, 6) is 0.633. The van der Waals surface area contributed by atoms with Gasteiger partial charge in [0.1, 0.15) is 5.75 Å². The predicted octanol–water partition coefficient (Wildman–Crippen LogP) is 2.73. The lowest BCUT2D eigenvalue weighted by molar-refractivity contribution is 0.131. The molecule has 0 aliphatic heterocycles. The van der Waals surface area contributed by atoms with Crippen LogP contribution in [0.5, 0.6) is 5.75 Å². The van der Waals surface area contributed by atoms with Gasteiger partial charge in [-0.3, -0.25) is 0 Å². The molecule has 1 rings (SSSR count). The van der Waals surface area contributed by atoms with Crippen LogP contribution >= 0.6 is 11.6 Å². The molecule has 0 atom stereocenters. The zero-order chi connectivity index (χ0) is 11.1. The first kappa shape index (κ1) is 12.1. The molecule has 0 heterocycles. The Labute approximate surface area is 95.1 Å². The van der Waals surface area contributed by atoms with E-state index in [4.69, 9.17) is 26.8 Å². The van der Waals surface area contributed by atoms with Gasteiger partial charge in [-0.15, -0.1) is 0 Å². The van der Waals surface area contributed by atoms with Gasteiger partial charge in [0.25, 0.3) is 0 Å². The van der Waals surface area contributed by atoms with Crippen molar-refractivity contribution in [2.45, 2.75) is 13.3 Å². The van der Waals surface area contributed by atoms with E-state index in [1.54, 1.807) is 18.2 Å². The number of hydrogen-bond donors (Lipinski definition) is 1. The maximum absolute atomic E-state index is 5.92. The molecule has 3 nitrogen and oxygen atoms in total. The molecule has 4 heteroatoms. The van der Waals surface area contributed by atoms with E-state index in [1.807, 2.05) is 6.92 Å². The second kappa shape index (κ2) is 6.53. The zero-order valence-electron chi connectivity index (χ0n) is 8.83. The Balaban J connectivity index is 2.33. The number of hydrogen-bond acceptors (Lipinski definition) is 3. The molecule has 0 aliphatic carbocycles. The molecule has 0 spiro atoms. The fraction of sp³-hybridized carbons (Fsp3) is 0.455. The average molecular weight is 230 g/mol. The molecule has 0 saturated carbocycles. The summed E-state index contributed by atoms with van der Waals surface area (Å²) in [4.78, 5) is 0. The summed E-state index contributed by atoms with van der Waals surface area (Å²) in [7, 11) is 0. The Morgan fingerprint density at radius 2 is 2.13 bits per heavy atom. The SMILES string of the molecule is CCOCCCOc1cc(N)ccc1Cl. The van der Waals surface area contributed by atoms with Crippen molar-refractivity contribution >= 4 is 17.3 Å². The summed E-state index contributed by atoms with van der Waals surface area (Å²) in [6, 6.07) is 5.20. The van der Waals surface area contributed by atoms with Crippen LogP contribution in [0.3, 0.4) is 0 Å². The van der Waals surface area contributed by atoms with Crippen LogP contribution in [0, 0.1) is 0 Å². The summed E-state index contributed by atoms with van der Waals surface area (Å²) in [6.45, 7) is 3.99. The van der Waals surface area contributed by atoms with Gasteiger partial charge in [-0.25, -0.2) is 0 Å². The lowest BCUT2D eigenvalue weighted by Crippen LogP contribution is -2.03. The van der Waals surface area contributed by atoms with Crippen molar-refractivity contribution in [1.82, 2.24) is 0 Å². The smallest absolute Gasteiger partial charge is 0.139 e. The number of rotatable bonds is 6. The standard InChI is InChI=1S/C11H16ClNO2/c1-2-14-6-3-7-15-11-8-9(13)4-5-10(11)12/h4-5,8H,2-3,6-7,13H2,1H3. The minimum atomic E-state index is 0.584. The van der Waals surface area contributed by atoms with E-state index in [1.165, 1.54) is 0 Å². The van der Waals surface area contributed by atoms with E-state index in [0.717, 1.165) is 13.0 Å². The monoisotopic (exact) mass is 229 g/mol. The molecular formula is C11H16ClNO2. The summed E-state index contributed by atoms with van der Waals surface area (Å²) in [5.41, 5.74) is 6.27. The maximum atomic E-state index is 5.92. The second-order valence-electron chi connectivity index (χ2n) is 3.09. The van der Waals surface area contributed by atoms with Crippen LogP contribution in [0.15, 0.2) is 18.2 Å². The van der Waals surface area contributed by atoms with Gasteiger partial charge >= 0.3 is 0 Å². The molecule has 0 bridgehead atoms. The summed E-state index contributed by atoms with van der Waals surface area (Å²) < 4.78 is 10.7. The molecule has 0 radical (unpaired) electrons. The molecule has 2 N–H and O–H groups in total. The number of ether oxygens (including phenoxy) is 2. The van der Waals surface area contributed by atoms with Gasteiger partial charge in [-0.2, -0.15) is 0 Å². The van der Waals surface area contributed by atoms with Crippen molar-refractivity contribution in [3.63, 3.8) is 0 Å². The molecule has 0 aromatic heterocycles. The molecule has 1 aromatic carbocycles. The number of anilines is 1. The van der Waals surface area contributed by atoms with E-state index < -0.39 is 0 Å². The first-order chi connectivity index (χ1) is 7.24. The van der Waals surface area contributed by atoms with Gasteiger partial charge in [-0.1, -0.05) is 11.6 Å². The van der Waals surface area contributed by atoms with Crippen molar-refractivity contribution in [3.8, 4) is 5.75 Å². The third-order valence-corrected chi connectivity index (χ3v) is 2.16. The zero-order valence-corrected chi connectivity index (χ0v) is 9.59. The van der Waals surface area contributed by atoms with E-state index in [9.17, 15) is 0 Å². The van der Waals surface area contributed by atoms with E-state index >= 15 is 0 Å². The van der Waals surface area contributed by atoms with E-state index in [2.05, 4.69) is 0 Å². The lowest BCUT2D eigenvalue weighted by Gasteiger charge is -2.08. The molecule has 0 amide bonds. The maximum Gasteiger partial charge on any atom is 0.139 e. The number of benzene rings is 1. The normalized spacial score (nSPS) is 10.3. The van der Waals surface area contributed by atoms with Crippen molar-refractivity contribution in [3.05, 3.63) is 23.2 Å². The van der Waals surface area contributed by atoms with Crippen molar-refractivity contribution in [1.29, 1.82) is 0 Å². The van der Waals surface area contributed by atoms with Gasteiger partial charge in [0.15, 0.2) is 0 Å². The Hall–Kier alpha value is -0.930. The fourth-order valence-electron chi connectivity index (χ4n) is 1.12. The highest BCUT2D eigenvalue weighted by molar-refractivity contribution is 6.32. The van der Waals surface area contributed by atoms with Crippen LogP contribution in [0.2, 0.25) is 5.02 Å². The summed E-state index contributed by atoms with van der Waals surface area (Å²) in [5, 5.41) is 0.584. The summed E-state index contributed by atoms with van der Waals surface area (Å²) in [6.07, 6.45) is 0.846. The quantitative estimate of drug-likeness (QED) is 0.603. The van der Waals surface area contributed by atoms with Crippen LogP contribution < -0.4 is 10.5 Å². The fourth-order valence-corrected chi connectivity index (χ4v) is 1.29. The van der Waals surface area contributed by atoms with Crippen molar-refractivity contribution < 1.29 is 9.47 Å². The molecule has 0 unspecified atom stereocenters. The third kappa shape index (κ3) is 4.40. The van der Waals surface area contributed by atoms with Gasteiger partial charge in [-0.05, 0) is 19.1 Å². The Kier molecular flexibility index (Phi) is 5.29. The van der Waals surface area contributed by atoms with E-state index in [0.29, 0.717) is 29.7 Å². The molecule has 0 fully saturated rings. The van der Waals surface area contributed by atoms with Crippen LogP contribution in [-0.4, -0.2) is 19.8 Å². The highest BCUT2D eigenvalue weighted by atomic mass is 35.5. The number of halogens is 1. The van der Waals surface area contributed by atoms with Gasteiger partial charge < -0.3 is 15.2 Å². The van der Waals surface area contributed by atoms with E-state index in [-0.39, 0.29) is 0 Å².